The van der Waals surface area contributed by atoms with E-state index in [1.165, 1.54) is 12.1 Å². The van der Waals surface area contributed by atoms with E-state index in [4.69, 9.17) is 5.11 Å². The summed E-state index contributed by atoms with van der Waals surface area (Å²) in [5, 5.41) is 9.00. The van der Waals surface area contributed by atoms with Crippen molar-refractivity contribution in [2.45, 2.75) is 12.8 Å². The molecule has 0 atom stereocenters. The normalized spacial score (nSPS) is 18.6. The Hall–Kier alpha value is -1.63. The van der Waals surface area contributed by atoms with Crippen LogP contribution in [0.3, 0.4) is 0 Å². The van der Waals surface area contributed by atoms with Gasteiger partial charge >= 0.3 is 5.97 Å². The molecule has 0 bridgehead atoms. The fourth-order valence-electron chi connectivity index (χ4n) is 1.98. The average Bonchev–Trinajstić information content (AvgIpc) is 2.29. The largest absolute Gasteiger partial charge is 0.478 e. The molecule has 2 rings (SSSR count). The van der Waals surface area contributed by atoms with E-state index in [2.05, 4.69) is 0 Å². The first-order chi connectivity index (χ1) is 8.43. The summed E-state index contributed by atoms with van der Waals surface area (Å²) in [5.74, 6) is -2.26. The molecule has 1 heterocycles. The van der Waals surface area contributed by atoms with Crippen molar-refractivity contribution in [3.05, 3.63) is 29.6 Å². The minimum absolute atomic E-state index is 0.0829. The third kappa shape index (κ3) is 2.17. The van der Waals surface area contributed by atoms with Gasteiger partial charge in [0.25, 0.3) is 0 Å². The van der Waals surface area contributed by atoms with Crippen molar-refractivity contribution in [1.29, 1.82) is 0 Å². The predicted octanol–water partition coefficient (Wildman–Crippen LogP) is 1.45. The standard InChI is InChI=1S/C11H12FNO4S/c12-9-5-3-4-8(11(14)15)10(9)13-6-1-2-7-18(13,16)17/h3-5H,1-2,6-7H2,(H,14,15). The monoisotopic (exact) mass is 273 g/mol. The topological polar surface area (TPSA) is 74.7 Å². The molecule has 0 aliphatic carbocycles. The molecule has 1 saturated heterocycles. The zero-order chi connectivity index (χ0) is 13.3. The molecule has 1 fully saturated rings. The van der Waals surface area contributed by atoms with Gasteiger partial charge in [-0.2, -0.15) is 0 Å². The molecule has 7 heteroatoms. The summed E-state index contributed by atoms with van der Waals surface area (Å²) >= 11 is 0. The fraction of sp³-hybridized carbons (Fsp3) is 0.364. The van der Waals surface area contributed by atoms with E-state index >= 15 is 0 Å². The number of para-hydroxylation sites is 1. The lowest BCUT2D eigenvalue weighted by molar-refractivity contribution is 0.0697. The van der Waals surface area contributed by atoms with Gasteiger partial charge in [0.15, 0.2) is 0 Å². The van der Waals surface area contributed by atoms with Crippen molar-refractivity contribution in [3.8, 4) is 0 Å². The van der Waals surface area contributed by atoms with E-state index < -0.39 is 21.8 Å². The van der Waals surface area contributed by atoms with E-state index in [-0.39, 0.29) is 23.5 Å². The molecule has 98 valence electrons. The number of rotatable bonds is 2. The lowest BCUT2D eigenvalue weighted by Crippen LogP contribution is -2.39. The Labute approximate surface area is 104 Å². The number of sulfonamides is 1. The maximum atomic E-state index is 13.8. The van der Waals surface area contributed by atoms with Gasteiger partial charge in [0.2, 0.25) is 10.0 Å². The first kappa shape index (κ1) is 12.8. The van der Waals surface area contributed by atoms with Crippen LogP contribution in [0.5, 0.6) is 0 Å². The van der Waals surface area contributed by atoms with Crippen LogP contribution in [0.25, 0.3) is 0 Å². The number of anilines is 1. The third-order valence-electron chi connectivity index (χ3n) is 2.82. The highest BCUT2D eigenvalue weighted by Crippen LogP contribution is 2.29. The number of carboxylic acids is 1. The number of benzene rings is 1. The van der Waals surface area contributed by atoms with Gasteiger partial charge in [0, 0.05) is 6.54 Å². The number of aromatic carboxylic acids is 1. The van der Waals surface area contributed by atoms with Crippen LogP contribution in [0, 0.1) is 5.82 Å². The highest BCUT2D eigenvalue weighted by molar-refractivity contribution is 7.92. The van der Waals surface area contributed by atoms with Gasteiger partial charge < -0.3 is 5.11 Å². The molecule has 18 heavy (non-hydrogen) atoms. The zero-order valence-corrected chi connectivity index (χ0v) is 10.3. The molecule has 1 aliphatic rings. The van der Waals surface area contributed by atoms with Crippen LogP contribution in [-0.4, -0.2) is 31.8 Å². The second-order valence-corrected chi connectivity index (χ2v) is 6.05. The molecule has 0 amide bonds. The van der Waals surface area contributed by atoms with Crippen molar-refractivity contribution in [2.75, 3.05) is 16.6 Å². The van der Waals surface area contributed by atoms with Gasteiger partial charge in [-0.1, -0.05) is 6.07 Å². The number of halogens is 1. The van der Waals surface area contributed by atoms with Gasteiger partial charge in [0.1, 0.15) is 11.5 Å². The number of nitrogens with zero attached hydrogens (tertiary/aromatic N) is 1. The smallest absolute Gasteiger partial charge is 0.337 e. The summed E-state index contributed by atoms with van der Waals surface area (Å²) in [6, 6.07) is 3.51. The van der Waals surface area contributed by atoms with Crippen LogP contribution in [0.15, 0.2) is 18.2 Å². The van der Waals surface area contributed by atoms with Crippen LogP contribution in [0.1, 0.15) is 23.2 Å². The van der Waals surface area contributed by atoms with E-state index in [9.17, 15) is 17.6 Å². The molecular formula is C11H12FNO4S. The second kappa shape index (κ2) is 4.56. The molecule has 0 aromatic heterocycles. The molecule has 1 N–H and O–H groups in total. The third-order valence-corrected chi connectivity index (χ3v) is 4.66. The molecular weight excluding hydrogens is 261 g/mol. The SMILES string of the molecule is O=C(O)c1cccc(F)c1N1CCCCS1(=O)=O. The van der Waals surface area contributed by atoms with Crippen molar-refractivity contribution in [3.63, 3.8) is 0 Å². The molecule has 0 saturated carbocycles. The van der Waals surface area contributed by atoms with Crippen LogP contribution in [0.4, 0.5) is 10.1 Å². The summed E-state index contributed by atoms with van der Waals surface area (Å²) in [7, 11) is -3.63. The van der Waals surface area contributed by atoms with Crippen molar-refractivity contribution >= 4 is 21.7 Å². The Morgan fingerprint density at radius 3 is 2.67 bits per heavy atom. The Kier molecular flexibility index (Phi) is 3.25. The first-order valence-electron chi connectivity index (χ1n) is 5.46. The van der Waals surface area contributed by atoms with Crippen LogP contribution in [-0.2, 0) is 10.0 Å². The molecule has 1 aromatic rings. The summed E-state index contributed by atoms with van der Waals surface area (Å²) in [5.41, 5.74) is -0.690. The van der Waals surface area contributed by atoms with E-state index in [1.54, 1.807) is 0 Å². The van der Waals surface area contributed by atoms with Gasteiger partial charge in [0.05, 0.1) is 11.3 Å². The van der Waals surface area contributed by atoms with Crippen LogP contribution in [0.2, 0.25) is 0 Å². The minimum Gasteiger partial charge on any atom is -0.478 e. The maximum Gasteiger partial charge on any atom is 0.337 e. The quantitative estimate of drug-likeness (QED) is 0.885. The van der Waals surface area contributed by atoms with Crippen LogP contribution < -0.4 is 4.31 Å². The maximum absolute atomic E-state index is 13.8. The Bertz CT molecular complexity index is 585. The molecule has 0 spiro atoms. The van der Waals surface area contributed by atoms with Crippen molar-refractivity contribution < 1.29 is 22.7 Å². The first-order valence-corrected chi connectivity index (χ1v) is 7.06. The van der Waals surface area contributed by atoms with E-state index in [0.717, 1.165) is 10.4 Å². The molecule has 1 aliphatic heterocycles. The van der Waals surface area contributed by atoms with E-state index in [1.807, 2.05) is 0 Å². The lowest BCUT2D eigenvalue weighted by atomic mass is 10.1. The lowest BCUT2D eigenvalue weighted by Gasteiger charge is -2.29. The summed E-state index contributed by atoms with van der Waals surface area (Å²) in [4.78, 5) is 11.0. The molecule has 0 radical (unpaired) electrons. The zero-order valence-electron chi connectivity index (χ0n) is 9.47. The van der Waals surface area contributed by atoms with Crippen molar-refractivity contribution in [2.24, 2.45) is 0 Å². The number of carbonyl (C=O) groups is 1. The highest BCUT2D eigenvalue weighted by atomic mass is 32.2. The fourth-order valence-corrected chi connectivity index (χ4v) is 3.64. The molecule has 5 nitrogen and oxygen atoms in total. The second-order valence-electron chi connectivity index (χ2n) is 4.04. The van der Waals surface area contributed by atoms with Crippen LogP contribution >= 0.6 is 0 Å². The summed E-state index contributed by atoms with van der Waals surface area (Å²) in [6.07, 6.45) is 1.10. The minimum atomic E-state index is -3.63. The number of carboxylic acid groups (broad SMARTS) is 1. The number of hydrogen-bond acceptors (Lipinski definition) is 3. The van der Waals surface area contributed by atoms with Gasteiger partial charge in [-0.3, -0.25) is 4.31 Å². The van der Waals surface area contributed by atoms with Gasteiger partial charge in [-0.15, -0.1) is 0 Å². The van der Waals surface area contributed by atoms with Crippen molar-refractivity contribution in [1.82, 2.24) is 0 Å². The van der Waals surface area contributed by atoms with Gasteiger partial charge in [-0.05, 0) is 25.0 Å². The summed E-state index contributed by atoms with van der Waals surface area (Å²) < 4.78 is 38.4. The highest BCUT2D eigenvalue weighted by Gasteiger charge is 2.31. The average molecular weight is 273 g/mol. The van der Waals surface area contributed by atoms with Gasteiger partial charge in [-0.25, -0.2) is 17.6 Å². The Morgan fingerprint density at radius 1 is 1.33 bits per heavy atom. The molecule has 1 aromatic carbocycles. The van der Waals surface area contributed by atoms with E-state index in [0.29, 0.717) is 12.8 Å². The molecule has 0 unspecified atom stereocenters. The Morgan fingerprint density at radius 2 is 2.06 bits per heavy atom. The summed E-state index contributed by atoms with van der Waals surface area (Å²) in [6.45, 7) is 0.115. The number of hydrogen-bond donors (Lipinski definition) is 1. The predicted molar refractivity (Wildman–Crippen MR) is 63.7 cm³/mol. The Balaban J connectivity index is 2.59.